The van der Waals surface area contributed by atoms with Gasteiger partial charge in [0, 0.05) is 94.4 Å². The highest BCUT2D eigenvalue weighted by molar-refractivity contribution is 8.14. The van der Waals surface area contributed by atoms with Crippen molar-refractivity contribution in [3.63, 3.8) is 0 Å². The van der Waals surface area contributed by atoms with Crippen LogP contribution in [0, 0.1) is 35.2 Å². The SMILES string of the molecule is C/C=C1\NC(=O)c2cc(F)cc(n2)CCNC(=O)C[C@@H](/C=C/CCSC(C)=O)OC(=O)[C@H](C(C)C)NC1=O.C/C=C1\NC(=O)c2ccc(F)c(n2)CCNC(=O)C[C@@H](/C=C/CCSC(C)=O)OC(=O)[C@H](C(C)C)NC1=O.C/C=C1\NC(=O)c2nc(ccc2F)CCNC(=O)C[C@@H](/C=C/CCSC(C)=O)OC(=O)[C@H](C(C)C)NC1=O. The van der Waals surface area contributed by atoms with E-state index in [1.54, 1.807) is 78.0 Å². The summed E-state index contributed by atoms with van der Waals surface area (Å²) in [5.74, 6) is -10.1. The third kappa shape index (κ3) is 34.8. The third-order valence-corrected chi connectivity index (χ3v) is 18.7. The van der Waals surface area contributed by atoms with Crippen LogP contribution in [0.5, 0.6) is 0 Å². The lowest BCUT2D eigenvalue weighted by Gasteiger charge is -2.24. The highest BCUT2D eigenvalue weighted by atomic mass is 32.2. The smallest absolute Gasteiger partial charge is 0.329 e. The number of allylic oxidation sites excluding steroid dienone is 6. The second kappa shape index (κ2) is 49.8. The molecule has 0 saturated heterocycles. The zero-order valence-corrected chi connectivity index (χ0v) is 68.0. The molecule has 6 heterocycles. The molecule has 9 amide bonds. The minimum absolute atomic E-state index is 0.00758. The molecule has 9 N–H and O–H groups in total. The molecule has 0 unspecified atom stereocenters. The van der Waals surface area contributed by atoms with Crippen LogP contribution >= 0.6 is 35.3 Å². The number of pyridine rings is 3. The maximum absolute atomic E-state index is 14.3. The summed E-state index contributed by atoms with van der Waals surface area (Å²) >= 11 is 3.46. The first-order valence-electron chi connectivity index (χ1n) is 36.7. The van der Waals surface area contributed by atoms with E-state index in [0.29, 0.717) is 42.2 Å². The van der Waals surface area contributed by atoms with Crippen molar-refractivity contribution in [2.45, 2.75) is 177 Å². The summed E-state index contributed by atoms with van der Waals surface area (Å²) < 4.78 is 59.6. The fourth-order valence-corrected chi connectivity index (χ4v) is 11.9. The Morgan fingerprint density at radius 3 is 1.18 bits per heavy atom. The molecule has 6 atom stereocenters. The first-order chi connectivity index (χ1) is 54.0. The van der Waals surface area contributed by atoms with Crippen molar-refractivity contribution < 1.29 is 99.3 Å². The van der Waals surface area contributed by atoms with Crippen LogP contribution in [0.2, 0.25) is 0 Å². The zero-order chi connectivity index (χ0) is 84.7. The topological polar surface area (TPSA) is 431 Å². The van der Waals surface area contributed by atoms with Gasteiger partial charge in [-0.1, -0.05) is 113 Å². The lowest BCUT2D eigenvalue weighted by Crippen LogP contribution is -2.48. The molecule has 3 aliphatic rings. The normalized spacial score (nSPS) is 21.1. The van der Waals surface area contributed by atoms with Crippen molar-refractivity contribution in [1.82, 2.24) is 62.8 Å². The summed E-state index contributed by atoms with van der Waals surface area (Å²) in [6.07, 6.45) is 12.4. The Hall–Kier alpha value is -10.6. The predicted molar refractivity (Wildman–Crippen MR) is 421 cm³/mol. The number of nitrogens with one attached hydrogen (secondary N) is 9. The summed E-state index contributed by atoms with van der Waals surface area (Å²) in [6.45, 7) is 19.5. The fourth-order valence-electron chi connectivity index (χ4n) is 10.3. The number of nitrogens with zero attached hydrogens (tertiary/aromatic N) is 3. The maximum Gasteiger partial charge on any atom is 0.329 e. The molecular weight excluding hydrogens is 1550 g/mol. The van der Waals surface area contributed by atoms with Gasteiger partial charge in [-0.3, -0.25) is 57.5 Å². The molecule has 0 radical (unpaired) electrons. The first kappa shape index (κ1) is 95.8. The molecule has 0 fully saturated rings. The van der Waals surface area contributed by atoms with E-state index in [1.807, 2.05) is 0 Å². The van der Waals surface area contributed by atoms with E-state index < -0.39 is 137 Å². The Balaban J connectivity index is 0.000000360. The first-order valence-corrected chi connectivity index (χ1v) is 39.6. The highest BCUT2D eigenvalue weighted by Gasteiger charge is 2.34. The van der Waals surface area contributed by atoms with Gasteiger partial charge in [0.2, 0.25) is 17.7 Å². The lowest BCUT2D eigenvalue weighted by atomic mass is 10.0. The highest BCUT2D eigenvalue weighted by Crippen LogP contribution is 2.19. The molecule has 6 rings (SSSR count). The molecule has 6 bridgehead atoms. The van der Waals surface area contributed by atoms with Gasteiger partial charge < -0.3 is 62.1 Å². The van der Waals surface area contributed by atoms with Gasteiger partial charge in [-0.25, -0.2) is 42.5 Å². The average Bonchev–Trinajstić information content (AvgIpc) is 1.18. The van der Waals surface area contributed by atoms with Crippen LogP contribution in [0.3, 0.4) is 0 Å². The standard InChI is InChI=1S/3C26H33FN4O6S/c1-5-20-24(34)31-22(15(2)3)26(36)37-18(8-6-7-13-38-16(4)32)14-21(33)28-12-11-17-9-10-19(27)23(29-17)25(35)30-20;1-5-19-24(34)31-23(15(2)3)26(36)37-17(8-6-7-13-38-16(4)32)14-22(33)28-12-11-20-18(27)9-10-21(29-20)25(35)30-19;1-5-20-24(34)31-23(15(2)3)26(36)37-19(8-6-7-11-38-16(4)32)14-22(33)28-10-9-18-12-17(27)13-21(29-18)25(35)30-20/h5-6,8-10,15,18,22H,7,11-14H2,1-4H3,(H,28,33)(H,30,35)(H,31,34);5-6,8-10,15,17,23H,7,11-14H2,1-4H3,(H,28,33)(H,30,35)(H,31,34);5-6,8,12-13,15,19,23H,7,9-11,14H2,1-4H3,(H,28,33)(H,30,35)(H,31,34)/b8-6+,20-5-;8-6+,19-5-;8-6+,20-5-/t18-,22+;17-,23+;19-,23+/m111/s1. The van der Waals surface area contributed by atoms with Gasteiger partial charge in [0.1, 0.15) is 76.6 Å². The van der Waals surface area contributed by atoms with Crippen molar-refractivity contribution in [2.24, 2.45) is 17.8 Å². The maximum atomic E-state index is 14.3. The summed E-state index contributed by atoms with van der Waals surface area (Å²) in [6, 6.07) is 3.60. The van der Waals surface area contributed by atoms with Crippen LogP contribution < -0.4 is 47.9 Å². The van der Waals surface area contributed by atoms with Crippen molar-refractivity contribution >= 4 is 122 Å². The summed E-state index contributed by atoms with van der Waals surface area (Å²) in [7, 11) is 0. The number of carbonyl (C=O) groups is 15. The van der Waals surface area contributed by atoms with Gasteiger partial charge in [-0.15, -0.1) is 0 Å². The molecule has 3 aliphatic heterocycles. The summed E-state index contributed by atoms with van der Waals surface area (Å²) in [5, 5.41) is 22.9. The second-order valence-corrected chi connectivity index (χ2v) is 30.3. The molecule has 3 aromatic rings. The molecule has 0 aliphatic carbocycles. The van der Waals surface area contributed by atoms with Crippen molar-refractivity contribution in [3.05, 3.63) is 160 Å². The minimum Gasteiger partial charge on any atom is -0.456 e. The van der Waals surface area contributed by atoms with E-state index in [-0.39, 0.29) is 125 Å². The number of hydrogen-bond donors (Lipinski definition) is 9. The number of hydrogen-bond acceptors (Lipinski definition) is 24. The molecule has 114 heavy (non-hydrogen) atoms. The van der Waals surface area contributed by atoms with Gasteiger partial charge in [0.15, 0.2) is 26.9 Å². The fraction of sp³-hybridized carbons (Fsp3) is 0.462. The molecule has 0 spiro atoms. The zero-order valence-electron chi connectivity index (χ0n) is 65.5. The number of aromatic nitrogens is 3. The van der Waals surface area contributed by atoms with E-state index in [9.17, 15) is 85.1 Å². The van der Waals surface area contributed by atoms with Crippen molar-refractivity contribution in [1.29, 1.82) is 0 Å². The van der Waals surface area contributed by atoms with Crippen LogP contribution in [-0.2, 0) is 91.0 Å². The third-order valence-electron chi connectivity index (χ3n) is 16.2. The minimum atomic E-state index is -1.10. The summed E-state index contributed by atoms with van der Waals surface area (Å²) in [5.41, 5.74) is -0.759. The Bertz CT molecular complexity index is 4190. The Morgan fingerprint density at radius 2 is 0.807 bits per heavy atom. The van der Waals surface area contributed by atoms with Crippen LogP contribution in [0.25, 0.3) is 0 Å². The molecule has 618 valence electrons. The molecule has 0 saturated carbocycles. The Kier molecular flexibility index (Phi) is 41.8. The molecular formula is C78H99F3N12O18S3. The number of halogens is 3. The van der Waals surface area contributed by atoms with E-state index in [0.717, 1.165) is 59.6 Å². The molecule has 3 aromatic heterocycles. The number of amides is 9. The van der Waals surface area contributed by atoms with Crippen LogP contribution in [0.15, 0.2) is 108 Å². The van der Waals surface area contributed by atoms with E-state index in [2.05, 4.69) is 62.8 Å². The number of cyclic esters (lactones) is 3. The van der Waals surface area contributed by atoms with E-state index >= 15 is 0 Å². The largest absolute Gasteiger partial charge is 0.456 e. The van der Waals surface area contributed by atoms with Gasteiger partial charge in [0.25, 0.3) is 35.4 Å². The van der Waals surface area contributed by atoms with Crippen molar-refractivity contribution in [3.8, 4) is 0 Å². The average molecular weight is 1650 g/mol. The quantitative estimate of drug-likeness (QED) is 0.0255. The van der Waals surface area contributed by atoms with Gasteiger partial charge in [-0.05, 0) is 106 Å². The van der Waals surface area contributed by atoms with Crippen LogP contribution in [0.4, 0.5) is 13.2 Å². The number of carbonyl (C=O) groups excluding carboxylic acids is 15. The molecule has 36 heteroatoms. The predicted octanol–water partition coefficient (Wildman–Crippen LogP) is 6.59. The van der Waals surface area contributed by atoms with E-state index in [4.69, 9.17) is 14.2 Å². The van der Waals surface area contributed by atoms with Crippen molar-refractivity contribution in [2.75, 3.05) is 36.9 Å². The lowest BCUT2D eigenvalue weighted by molar-refractivity contribution is -0.153. The van der Waals surface area contributed by atoms with E-state index in [1.165, 1.54) is 71.9 Å². The number of rotatable bonds is 15. The monoisotopic (exact) mass is 1640 g/mol. The summed E-state index contributed by atoms with van der Waals surface area (Å²) in [4.78, 5) is 199. The number of esters is 3. The molecule has 0 aromatic carbocycles. The van der Waals surface area contributed by atoms with Crippen LogP contribution in [-0.4, -0.2) is 175 Å². The van der Waals surface area contributed by atoms with Gasteiger partial charge in [0.05, 0.1) is 25.0 Å². The van der Waals surface area contributed by atoms with Crippen LogP contribution in [0.1, 0.15) is 170 Å². The number of fused-ring (bicyclic) bond motifs is 6. The van der Waals surface area contributed by atoms with Gasteiger partial charge >= 0.3 is 17.9 Å². The van der Waals surface area contributed by atoms with Gasteiger partial charge in [-0.2, -0.15) is 0 Å². The molecule has 30 nitrogen and oxygen atoms in total. The number of ether oxygens (including phenoxy) is 3. The Morgan fingerprint density at radius 1 is 0.447 bits per heavy atom. The number of thioether (sulfide) groups is 3. The Labute approximate surface area is 672 Å². The second-order valence-electron chi connectivity index (χ2n) is 26.5.